The highest BCUT2D eigenvalue weighted by atomic mass is 32.2. The number of amides is 1. The number of para-hydroxylation sites is 3. The first kappa shape index (κ1) is 17.5. The predicted molar refractivity (Wildman–Crippen MR) is 114 cm³/mol. The van der Waals surface area contributed by atoms with E-state index in [1.807, 2.05) is 73.7 Å². The van der Waals surface area contributed by atoms with Crippen LogP contribution in [0.2, 0.25) is 0 Å². The Balaban J connectivity index is 1.37. The maximum atomic E-state index is 12.8. The Labute approximate surface area is 170 Å². The number of hydrazone groups is 1. The molecule has 0 saturated heterocycles. The highest BCUT2D eigenvalue weighted by Crippen LogP contribution is 2.30. The second-order valence-corrected chi connectivity index (χ2v) is 7.51. The molecule has 0 bridgehead atoms. The highest BCUT2D eigenvalue weighted by Gasteiger charge is 2.28. The summed E-state index contributed by atoms with van der Waals surface area (Å²) in [5.74, 6) is 0.424. The van der Waals surface area contributed by atoms with Gasteiger partial charge in [-0.25, -0.2) is 4.98 Å². The molecule has 1 aliphatic heterocycles. The van der Waals surface area contributed by atoms with Crippen molar-refractivity contribution in [2.75, 3.05) is 5.01 Å². The number of carbonyl (C=O) groups excluding carboxylic acids is 1. The average Bonchev–Trinajstić information content (AvgIpc) is 3.42. The standard InChI is InChI=1S/C22H16N4O2S/c1-14-17(21(27)26(25-14)15-7-3-2-4-8-15)13-16-11-12-20(28-16)29-22-23-18-9-5-6-10-19(18)24-22/h2-13H,1H3,(H,23,24)/b17-13+. The molecule has 6 nitrogen and oxygen atoms in total. The smallest absolute Gasteiger partial charge is 0.280 e. The zero-order valence-corrected chi connectivity index (χ0v) is 16.3. The summed E-state index contributed by atoms with van der Waals surface area (Å²) in [6.45, 7) is 1.82. The minimum atomic E-state index is -0.170. The first-order chi connectivity index (χ1) is 14.2. The number of H-pyrrole nitrogens is 1. The summed E-state index contributed by atoms with van der Waals surface area (Å²) in [6, 6.07) is 20.9. The van der Waals surface area contributed by atoms with Gasteiger partial charge in [-0.15, -0.1) is 0 Å². The van der Waals surface area contributed by atoms with Crippen molar-refractivity contribution in [2.24, 2.45) is 5.10 Å². The van der Waals surface area contributed by atoms with Gasteiger partial charge in [0.2, 0.25) is 0 Å². The van der Waals surface area contributed by atoms with Gasteiger partial charge in [-0.2, -0.15) is 10.1 Å². The second-order valence-electron chi connectivity index (χ2n) is 6.51. The van der Waals surface area contributed by atoms with Gasteiger partial charge in [-0.1, -0.05) is 30.3 Å². The number of anilines is 1. The van der Waals surface area contributed by atoms with Crippen LogP contribution in [0.5, 0.6) is 0 Å². The Bertz CT molecular complexity index is 1240. The summed E-state index contributed by atoms with van der Waals surface area (Å²) < 4.78 is 5.88. The van der Waals surface area contributed by atoms with Crippen LogP contribution >= 0.6 is 11.8 Å². The Morgan fingerprint density at radius 1 is 1.03 bits per heavy atom. The molecule has 0 atom stereocenters. The number of nitrogens with one attached hydrogen (secondary N) is 1. The third kappa shape index (κ3) is 3.36. The predicted octanol–water partition coefficient (Wildman–Crippen LogP) is 5.11. The van der Waals surface area contributed by atoms with E-state index in [-0.39, 0.29) is 5.91 Å². The van der Waals surface area contributed by atoms with Crippen molar-refractivity contribution in [3.63, 3.8) is 0 Å². The van der Waals surface area contributed by atoms with Gasteiger partial charge in [0, 0.05) is 0 Å². The molecule has 1 N–H and O–H groups in total. The van der Waals surface area contributed by atoms with E-state index in [0.29, 0.717) is 22.1 Å². The van der Waals surface area contributed by atoms with E-state index in [4.69, 9.17) is 4.42 Å². The van der Waals surface area contributed by atoms with Gasteiger partial charge in [-0.05, 0) is 61.2 Å². The van der Waals surface area contributed by atoms with Gasteiger partial charge >= 0.3 is 0 Å². The molecule has 1 aliphatic rings. The topological polar surface area (TPSA) is 74.5 Å². The number of carbonyl (C=O) groups is 1. The number of fused-ring (bicyclic) bond motifs is 1. The van der Waals surface area contributed by atoms with Gasteiger partial charge in [0.1, 0.15) is 5.76 Å². The minimum Gasteiger partial charge on any atom is -0.450 e. The van der Waals surface area contributed by atoms with Crippen molar-refractivity contribution in [3.8, 4) is 0 Å². The summed E-state index contributed by atoms with van der Waals surface area (Å²) >= 11 is 1.40. The maximum Gasteiger partial charge on any atom is 0.280 e. The summed E-state index contributed by atoms with van der Waals surface area (Å²) in [5, 5.41) is 7.24. The van der Waals surface area contributed by atoms with Gasteiger partial charge in [0.25, 0.3) is 5.91 Å². The van der Waals surface area contributed by atoms with Crippen LogP contribution < -0.4 is 5.01 Å². The van der Waals surface area contributed by atoms with Crippen molar-refractivity contribution < 1.29 is 9.21 Å². The van der Waals surface area contributed by atoms with Crippen molar-refractivity contribution in [2.45, 2.75) is 17.2 Å². The molecule has 29 heavy (non-hydrogen) atoms. The zero-order chi connectivity index (χ0) is 19.8. The number of nitrogens with zero attached hydrogens (tertiary/aromatic N) is 3. The number of imidazole rings is 1. The van der Waals surface area contributed by atoms with Crippen molar-refractivity contribution in [3.05, 3.63) is 78.1 Å². The summed E-state index contributed by atoms with van der Waals surface area (Å²) in [7, 11) is 0. The molecule has 0 spiro atoms. The summed E-state index contributed by atoms with van der Waals surface area (Å²) in [4.78, 5) is 20.6. The molecule has 7 heteroatoms. The fourth-order valence-corrected chi connectivity index (χ4v) is 3.88. The number of aromatic amines is 1. The minimum absolute atomic E-state index is 0.170. The summed E-state index contributed by atoms with van der Waals surface area (Å²) in [5.41, 5.74) is 3.80. The van der Waals surface area contributed by atoms with Crippen LogP contribution in [0.25, 0.3) is 17.1 Å². The lowest BCUT2D eigenvalue weighted by Crippen LogP contribution is -2.21. The molecule has 5 rings (SSSR count). The fourth-order valence-electron chi connectivity index (χ4n) is 3.11. The fraction of sp³-hybridized carbons (Fsp3) is 0.0455. The molecular weight excluding hydrogens is 384 g/mol. The second kappa shape index (κ2) is 7.10. The van der Waals surface area contributed by atoms with E-state index in [9.17, 15) is 4.79 Å². The maximum absolute atomic E-state index is 12.8. The number of hydrogen-bond acceptors (Lipinski definition) is 5. The molecule has 0 aliphatic carbocycles. The molecule has 142 valence electrons. The monoisotopic (exact) mass is 400 g/mol. The van der Waals surface area contributed by atoms with E-state index in [0.717, 1.165) is 21.9 Å². The van der Waals surface area contributed by atoms with E-state index in [1.165, 1.54) is 16.8 Å². The van der Waals surface area contributed by atoms with Crippen LogP contribution in [0.4, 0.5) is 5.69 Å². The van der Waals surface area contributed by atoms with Gasteiger partial charge < -0.3 is 9.40 Å². The molecule has 0 saturated carbocycles. The molecule has 0 radical (unpaired) electrons. The van der Waals surface area contributed by atoms with Crippen LogP contribution in [0.3, 0.4) is 0 Å². The van der Waals surface area contributed by atoms with Crippen molar-refractivity contribution in [1.82, 2.24) is 9.97 Å². The molecule has 4 aromatic rings. The third-order valence-corrected chi connectivity index (χ3v) is 5.32. The first-order valence-electron chi connectivity index (χ1n) is 9.06. The van der Waals surface area contributed by atoms with E-state index in [1.54, 1.807) is 6.08 Å². The molecule has 3 heterocycles. The van der Waals surface area contributed by atoms with Crippen LogP contribution in [-0.2, 0) is 4.79 Å². The average molecular weight is 400 g/mol. The molecule has 0 fully saturated rings. The van der Waals surface area contributed by atoms with Crippen molar-refractivity contribution >= 4 is 46.2 Å². The van der Waals surface area contributed by atoms with Crippen molar-refractivity contribution in [1.29, 1.82) is 0 Å². The molecule has 2 aromatic heterocycles. The number of furan rings is 1. The number of aromatic nitrogens is 2. The quantitative estimate of drug-likeness (QED) is 0.483. The van der Waals surface area contributed by atoms with E-state index in [2.05, 4.69) is 15.1 Å². The molecule has 2 aromatic carbocycles. The molecule has 1 amide bonds. The van der Waals surface area contributed by atoms with Gasteiger partial charge in [0.15, 0.2) is 10.2 Å². The summed E-state index contributed by atoms with van der Waals surface area (Å²) in [6.07, 6.45) is 1.73. The normalized spacial score (nSPS) is 15.5. The van der Waals surface area contributed by atoms with Gasteiger partial charge in [-0.3, -0.25) is 4.79 Å². The first-order valence-corrected chi connectivity index (χ1v) is 9.88. The Hall–Kier alpha value is -3.58. The van der Waals surface area contributed by atoms with Crippen LogP contribution in [-0.4, -0.2) is 21.6 Å². The molecular formula is C22H16N4O2S. The number of hydrogen-bond donors (Lipinski definition) is 1. The van der Waals surface area contributed by atoms with Crippen LogP contribution in [0, 0.1) is 0 Å². The van der Waals surface area contributed by atoms with Gasteiger partial charge in [0.05, 0.1) is 28.0 Å². The Morgan fingerprint density at radius 3 is 2.66 bits per heavy atom. The Kier molecular flexibility index (Phi) is 4.29. The largest absolute Gasteiger partial charge is 0.450 e. The number of rotatable bonds is 4. The van der Waals surface area contributed by atoms with Crippen LogP contribution in [0.15, 0.2) is 92.1 Å². The lowest BCUT2D eigenvalue weighted by Gasteiger charge is -2.10. The van der Waals surface area contributed by atoms with E-state index >= 15 is 0 Å². The Morgan fingerprint density at radius 2 is 1.83 bits per heavy atom. The highest BCUT2D eigenvalue weighted by molar-refractivity contribution is 7.99. The third-order valence-electron chi connectivity index (χ3n) is 4.52. The molecule has 0 unspecified atom stereocenters. The van der Waals surface area contributed by atoms with E-state index < -0.39 is 0 Å². The lowest BCUT2D eigenvalue weighted by molar-refractivity contribution is -0.114. The number of benzene rings is 2. The zero-order valence-electron chi connectivity index (χ0n) is 15.5. The van der Waals surface area contributed by atoms with Crippen LogP contribution in [0.1, 0.15) is 12.7 Å². The lowest BCUT2D eigenvalue weighted by atomic mass is 10.1. The SMILES string of the molecule is CC1=NN(c2ccccc2)C(=O)/C1=C/c1ccc(Sc2nc3ccccc3[nH]2)o1.